The Morgan fingerprint density at radius 1 is 1.16 bits per heavy atom. The Kier molecular flexibility index (Phi) is 6.19. The summed E-state index contributed by atoms with van der Waals surface area (Å²) < 4.78 is 1.05. The normalized spacial score (nSPS) is 14.6. The minimum atomic E-state index is 0.0713. The van der Waals surface area contributed by atoms with Crippen LogP contribution in [0.1, 0.15) is 15.2 Å². The van der Waals surface area contributed by atoms with Crippen molar-refractivity contribution >= 4 is 50.8 Å². The van der Waals surface area contributed by atoms with Crippen LogP contribution >= 0.6 is 39.0 Å². The average Bonchev–Trinajstić information content (AvgIpc) is 3.15. The summed E-state index contributed by atoms with van der Waals surface area (Å²) in [6, 6.07) is 9.83. The number of benzene rings is 1. The fraction of sp³-hybridized carbons (Fsp3) is 0.333. The van der Waals surface area contributed by atoms with E-state index < -0.39 is 0 Å². The number of carbonyl (C=O) groups excluding carboxylic acids is 2. The molecule has 1 aromatic carbocycles. The highest BCUT2D eigenvalue weighted by Crippen LogP contribution is 2.25. The molecule has 0 spiro atoms. The third kappa shape index (κ3) is 4.65. The number of aryl methyl sites for hydroxylation is 1. The molecule has 1 fully saturated rings. The molecule has 0 bridgehead atoms. The van der Waals surface area contributed by atoms with Crippen molar-refractivity contribution in [2.45, 2.75) is 11.8 Å². The average molecular weight is 439 g/mol. The number of rotatable bonds is 4. The van der Waals surface area contributed by atoms with Gasteiger partial charge in [0.25, 0.3) is 5.91 Å². The van der Waals surface area contributed by atoms with Crippen LogP contribution in [0.3, 0.4) is 0 Å². The Labute approximate surface area is 164 Å². The highest BCUT2D eigenvalue weighted by Gasteiger charge is 2.25. The Hall–Kier alpha value is -1.31. The van der Waals surface area contributed by atoms with Crippen molar-refractivity contribution in [1.29, 1.82) is 0 Å². The summed E-state index contributed by atoms with van der Waals surface area (Å²) in [5, 5.41) is 1.91. The number of hydrogen-bond acceptors (Lipinski definition) is 4. The highest BCUT2D eigenvalue weighted by molar-refractivity contribution is 9.10. The molecule has 1 aliphatic rings. The zero-order valence-electron chi connectivity index (χ0n) is 13.9. The second-order valence-electron chi connectivity index (χ2n) is 5.85. The van der Waals surface area contributed by atoms with E-state index in [1.807, 2.05) is 46.4 Å². The molecule has 132 valence electrons. The minimum Gasteiger partial charge on any atom is -0.338 e. The van der Waals surface area contributed by atoms with E-state index in [4.69, 9.17) is 0 Å². The van der Waals surface area contributed by atoms with E-state index in [2.05, 4.69) is 22.0 Å². The maximum Gasteiger partial charge on any atom is 0.264 e. The summed E-state index contributed by atoms with van der Waals surface area (Å²) in [6.45, 7) is 4.47. The van der Waals surface area contributed by atoms with Crippen molar-refractivity contribution in [1.82, 2.24) is 9.80 Å². The Morgan fingerprint density at radius 3 is 2.52 bits per heavy atom. The molecule has 25 heavy (non-hydrogen) atoms. The first-order chi connectivity index (χ1) is 12.0. The maximum atomic E-state index is 12.4. The van der Waals surface area contributed by atoms with Gasteiger partial charge >= 0.3 is 0 Å². The third-order valence-corrected chi connectivity index (χ3v) is 6.65. The quantitative estimate of drug-likeness (QED) is 0.679. The van der Waals surface area contributed by atoms with Crippen molar-refractivity contribution in [3.05, 3.63) is 50.6 Å². The van der Waals surface area contributed by atoms with Crippen molar-refractivity contribution in [3.8, 4) is 0 Å². The van der Waals surface area contributed by atoms with Gasteiger partial charge in [0.1, 0.15) is 0 Å². The van der Waals surface area contributed by atoms with Crippen molar-refractivity contribution in [2.75, 3.05) is 31.9 Å². The van der Waals surface area contributed by atoms with Gasteiger partial charge in [0.15, 0.2) is 0 Å². The van der Waals surface area contributed by atoms with Crippen LogP contribution < -0.4 is 0 Å². The van der Waals surface area contributed by atoms with E-state index in [1.54, 1.807) is 11.8 Å². The lowest BCUT2D eigenvalue weighted by molar-refractivity contribution is -0.129. The molecule has 1 aromatic heterocycles. The predicted octanol–water partition coefficient (Wildman–Crippen LogP) is 3.90. The molecule has 0 saturated carbocycles. The first kappa shape index (κ1) is 18.5. The summed E-state index contributed by atoms with van der Waals surface area (Å²) >= 11 is 6.49. The molecule has 3 rings (SSSR count). The molecule has 2 aromatic rings. The van der Waals surface area contributed by atoms with Crippen molar-refractivity contribution in [3.63, 3.8) is 0 Å². The summed E-state index contributed by atoms with van der Waals surface area (Å²) in [4.78, 5) is 30.4. The van der Waals surface area contributed by atoms with Gasteiger partial charge in [-0.25, -0.2) is 0 Å². The van der Waals surface area contributed by atoms with Crippen LogP contribution in [0.15, 0.2) is 45.1 Å². The fourth-order valence-corrected chi connectivity index (χ4v) is 4.80. The third-order valence-electron chi connectivity index (χ3n) is 4.14. The van der Waals surface area contributed by atoms with Crippen LogP contribution in [0.5, 0.6) is 0 Å². The lowest BCUT2D eigenvalue weighted by Crippen LogP contribution is -2.51. The largest absolute Gasteiger partial charge is 0.338 e. The molecular formula is C18H19BrN2O2S2. The first-order valence-electron chi connectivity index (χ1n) is 8.04. The van der Waals surface area contributed by atoms with Gasteiger partial charge in [0, 0.05) is 35.5 Å². The SMILES string of the molecule is Cc1cc(Br)ccc1SCC(=O)N1CCN(C(=O)c2cccs2)CC1. The zero-order chi connectivity index (χ0) is 17.8. The van der Waals surface area contributed by atoms with E-state index in [0.717, 1.165) is 14.2 Å². The van der Waals surface area contributed by atoms with Gasteiger partial charge in [-0.2, -0.15) is 0 Å². The molecule has 2 amide bonds. The molecule has 7 heteroatoms. The van der Waals surface area contributed by atoms with E-state index in [9.17, 15) is 9.59 Å². The van der Waals surface area contributed by atoms with Crippen LogP contribution in [0, 0.1) is 6.92 Å². The Bertz CT molecular complexity index is 756. The van der Waals surface area contributed by atoms with Crippen molar-refractivity contribution < 1.29 is 9.59 Å². The summed E-state index contributed by atoms with van der Waals surface area (Å²) in [7, 11) is 0. The van der Waals surface area contributed by atoms with Crippen LogP contribution in [0.4, 0.5) is 0 Å². The van der Waals surface area contributed by atoms with Crippen LogP contribution in [0.25, 0.3) is 0 Å². The summed E-state index contributed by atoms with van der Waals surface area (Å²) in [5.74, 6) is 0.638. The van der Waals surface area contributed by atoms with E-state index >= 15 is 0 Å². The smallest absolute Gasteiger partial charge is 0.264 e. The number of thioether (sulfide) groups is 1. The summed E-state index contributed by atoms with van der Waals surface area (Å²) in [5.41, 5.74) is 1.17. The molecule has 1 saturated heterocycles. The molecule has 0 unspecified atom stereocenters. The van der Waals surface area contributed by atoms with Crippen LogP contribution in [0.2, 0.25) is 0 Å². The van der Waals surface area contributed by atoms with Gasteiger partial charge in [-0.15, -0.1) is 23.1 Å². The lowest BCUT2D eigenvalue weighted by atomic mass is 10.2. The van der Waals surface area contributed by atoms with Gasteiger partial charge in [-0.3, -0.25) is 9.59 Å². The van der Waals surface area contributed by atoms with Gasteiger partial charge < -0.3 is 9.80 Å². The fourth-order valence-electron chi connectivity index (χ4n) is 2.72. The van der Waals surface area contributed by atoms with Gasteiger partial charge in [0.05, 0.1) is 10.6 Å². The topological polar surface area (TPSA) is 40.6 Å². The second kappa shape index (κ2) is 8.38. The molecular weight excluding hydrogens is 420 g/mol. The molecule has 0 aliphatic carbocycles. The molecule has 1 aliphatic heterocycles. The maximum absolute atomic E-state index is 12.4. The number of nitrogens with zero attached hydrogens (tertiary/aromatic N) is 2. The van der Waals surface area contributed by atoms with Gasteiger partial charge in [0.2, 0.25) is 5.91 Å². The number of amides is 2. The highest BCUT2D eigenvalue weighted by atomic mass is 79.9. The molecule has 4 nitrogen and oxygen atoms in total. The Balaban J connectivity index is 1.49. The lowest BCUT2D eigenvalue weighted by Gasteiger charge is -2.34. The van der Waals surface area contributed by atoms with Gasteiger partial charge in [-0.1, -0.05) is 22.0 Å². The number of hydrogen-bond donors (Lipinski definition) is 0. The number of halogens is 1. The van der Waals surface area contributed by atoms with Crippen LogP contribution in [-0.4, -0.2) is 53.5 Å². The molecule has 0 N–H and O–H groups in total. The second-order valence-corrected chi connectivity index (χ2v) is 8.73. The van der Waals surface area contributed by atoms with E-state index in [0.29, 0.717) is 31.9 Å². The minimum absolute atomic E-state index is 0.0713. The van der Waals surface area contributed by atoms with E-state index in [1.165, 1.54) is 16.9 Å². The standard InChI is InChI=1S/C18H19BrN2O2S2/c1-13-11-14(19)4-5-15(13)25-12-17(22)20-6-8-21(9-7-20)18(23)16-3-2-10-24-16/h2-5,10-11H,6-9,12H2,1H3. The van der Waals surface area contributed by atoms with Crippen molar-refractivity contribution in [2.24, 2.45) is 0 Å². The van der Waals surface area contributed by atoms with Gasteiger partial charge in [-0.05, 0) is 42.1 Å². The molecule has 0 radical (unpaired) electrons. The Morgan fingerprint density at radius 2 is 1.88 bits per heavy atom. The summed E-state index contributed by atoms with van der Waals surface area (Å²) in [6.07, 6.45) is 0. The monoisotopic (exact) mass is 438 g/mol. The number of carbonyl (C=O) groups is 2. The predicted molar refractivity (Wildman–Crippen MR) is 106 cm³/mol. The first-order valence-corrected chi connectivity index (χ1v) is 10.7. The van der Waals surface area contributed by atoms with Crippen LogP contribution in [-0.2, 0) is 4.79 Å². The molecule has 2 heterocycles. The molecule has 0 atom stereocenters. The number of piperazine rings is 1. The number of thiophene rings is 1. The zero-order valence-corrected chi connectivity index (χ0v) is 17.1. The van der Waals surface area contributed by atoms with E-state index in [-0.39, 0.29) is 11.8 Å².